The van der Waals surface area contributed by atoms with Crippen LogP contribution in [0.3, 0.4) is 0 Å². The molecular formula is C21H25N3O2. The molecule has 1 aromatic carbocycles. The fourth-order valence-electron chi connectivity index (χ4n) is 3.93. The maximum Gasteiger partial charge on any atom is 0.411 e. The SMILES string of the molecule is CC(C)(C)OC(=O)N1C2C=C(c3cnc4ccccc4n3)CC1CCC2. The van der Waals surface area contributed by atoms with Crippen LogP contribution in [-0.2, 0) is 4.74 Å². The Morgan fingerprint density at radius 3 is 2.69 bits per heavy atom. The first-order chi connectivity index (χ1) is 12.4. The summed E-state index contributed by atoms with van der Waals surface area (Å²) in [7, 11) is 0. The van der Waals surface area contributed by atoms with Gasteiger partial charge in [0.25, 0.3) is 0 Å². The van der Waals surface area contributed by atoms with E-state index in [4.69, 9.17) is 9.72 Å². The quantitative estimate of drug-likeness (QED) is 0.755. The molecule has 1 amide bonds. The largest absolute Gasteiger partial charge is 0.444 e. The standard InChI is InChI=1S/C21H25N3O2/c1-21(2,3)26-20(25)24-15-7-6-8-16(24)12-14(11-15)19-13-22-17-9-4-5-10-18(17)23-19/h4-5,9-11,13,15-16H,6-8,12H2,1-3H3. The van der Waals surface area contributed by atoms with Gasteiger partial charge in [-0.05, 0) is 64.2 Å². The third kappa shape index (κ3) is 3.30. The van der Waals surface area contributed by atoms with Gasteiger partial charge in [0.1, 0.15) is 5.60 Å². The Balaban J connectivity index is 1.64. The molecule has 2 aromatic rings. The maximum atomic E-state index is 12.7. The Labute approximate surface area is 154 Å². The average molecular weight is 351 g/mol. The second kappa shape index (κ2) is 6.38. The smallest absolute Gasteiger partial charge is 0.411 e. The van der Waals surface area contributed by atoms with Gasteiger partial charge in [0, 0.05) is 6.04 Å². The van der Waals surface area contributed by atoms with Crippen LogP contribution in [0.2, 0.25) is 0 Å². The van der Waals surface area contributed by atoms with Crippen LogP contribution >= 0.6 is 0 Å². The number of carbonyl (C=O) groups is 1. The van der Waals surface area contributed by atoms with Crippen molar-refractivity contribution in [2.24, 2.45) is 0 Å². The van der Waals surface area contributed by atoms with Gasteiger partial charge in [-0.15, -0.1) is 0 Å². The molecule has 1 fully saturated rings. The highest BCUT2D eigenvalue weighted by Crippen LogP contribution is 2.37. The van der Waals surface area contributed by atoms with Gasteiger partial charge >= 0.3 is 6.09 Å². The van der Waals surface area contributed by atoms with E-state index in [1.807, 2.05) is 56.1 Å². The number of hydrogen-bond donors (Lipinski definition) is 0. The monoisotopic (exact) mass is 351 g/mol. The van der Waals surface area contributed by atoms with Crippen molar-refractivity contribution in [3.8, 4) is 0 Å². The molecule has 0 saturated carbocycles. The molecule has 1 aromatic heterocycles. The van der Waals surface area contributed by atoms with E-state index in [0.29, 0.717) is 0 Å². The topological polar surface area (TPSA) is 55.3 Å². The Kier molecular flexibility index (Phi) is 4.17. The third-order valence-electron chi connectivity index (χ3n) is 5.02. The van der Waals surface area contributed by atoms with Crippen LogP contribution in [0.15, 0.2) is 36.5 Å². The van der Waals surface area contributed by atoms with E-state index in [1.165, 1.54) is 5.57 Å². The number of amides is 1. The van der Waals surface area contributed by atoms with Crippen LogP contribution in [0.1, 0.15) is 52.1 Å². The van der Waals surface area contributed by atoms with Gasteiger partial charge in [-0.1, -0.05) is 18.2 Å². The number of nitrogens with zero attached hydrogens (tertiary/aromatic N) is 3. The molecule has 1 saturated heterocycles. The Hall–Kier alpha value is -2.43. The molecule has 136 valence electrons. The van der Waals surface area contributed by atoms with Crippen LogP contribution in [0.4, 0.5) is 4.79 Å². The molecule has 0 spiro atoms. The third-order valence-corrected chi connectivity index (χ3v) is 5.02. The molecule has 0 aliphatic carbocycles. The summed E-state index contributed by atoms with van der Waals surface area (Å²) in [6, 6.07) is 8.18. The minimum atomic E-state index is -0.473. The molecule has 2 bridgehead atoms. The number of fused-ring (bicyclic) bond motifs is 3. The molecule has 2 aliphatic heterocycles. The molecule has 2 unspecified atom stereocenters. The lowest BCUT2D eigenvalue weighted by Crippen LogP contribution is -2.53. The van der Waals surface area contributed by atoms with Crippen molar-refractivity contribution in [3.63, 3.8) is 0 Å². The van der Waals surface area contributed by atoms with Crippen LogP contribution in [0, 0.1) is 0 Å². The Morgan fingerprint density at radius 2 is 1.96 bits per heavy atom. The van der Waals surface area contributed by atoms with E-state index in [9.17, 15) is 4.79 Å². The van der Waals surface area contributed by atoms with Crippen molar-refractivity contribution in [2.75, 3.05) is 0 Å². The minimum Gasteiger partial charge on any atom is -0.444 e. The number of carbonyl (C=O) groups excluding carboxylic acids is 1. The summed E-state index contributed by atoms with van der Waals surface area (Å²) in [5.74, 6) is 0. The summed E-state index contributed by atoms with van der Waals surface area (Å²) in [5, 5.41) is 0. The van der Waals surface area contributed by atoms with Crippen molar-refractivity contribution < 1.29 is 9.53 Å². The lowest BCUT2D eigenvalue weighted by molar-refractivity contribution is 0.0000667. The van der Waals surface area contributed by atoms with E-state index in [1.54, 1.807) is 0 Å². The molecular weight excluding hydrogens is 326 g/mol. The van der Waals surface area contributed by atoms with Crippen molar-refractivity contribution in [2.45, 2.75) is 64.1 Å². The fraction of sp³-hybridized carbons (Fsp3) is 0.476. The van der Waals surface area contributed by atoms with Crippen molar-refractivity contribution in [1.82, 2.24) is 14.9 Å². The summed E-state index contributed by atoms with van der Waals surface area (Å²) in [6.45, 7) is 5.74. The van der Waals surface area contributed by atoms with E-state index in [0.717, 1.165) is 42.4 Å². The molecule has 0 N–H and O–H groups in total. The van der Waals surface area contributed by atoms with E-state index in [-0.39, 0.29) is 18.2 Å². The van der Waals surface area contributed by atoms with Crippen LogP contribution in [0.5, 0.6) is 0 Å². The second-order valence-electron chi connectivity index (χ2n) is 8.18. The molecule has 5 nitrogen and oxygen atoms in total. The molecule has 5 heteroatoms. The average Bonchev–Trinajstić information content (AvgIpc) is 2.58. The molecule has 4 rings (SSSR count). The van der Waals surface area contributed by atoms with Crippen molar-refractivity contribution >= 4 is 22.7 Å². The number of piperidine rings is 1. The number of rotatable bonds is 1. The second-order valence-corrected chi connectivity index (χ2v) is 8.18. The number of aromatic nitrogens is 2. The van der Waals surface area contributed by atoms with Crippen LogP contribution in [0.25, 0.3) is 16.6 Å². The number of para-hydroxylation sites is 2. The Morgan fingerprint density at radius 1 is 1.19 bits per heavy atom. The molecule has 2 atom stereocenters. The number of benzene rings is 1. The Bertz CT molecular complexity index is 869. The lowest BCUT2D eigenvalue weighted by Gasteiger charge is -2.44. The first-order valence-corrected chi connectivity index (χ1v) is 9.35. The fourth-order valence-corrected chi connectivity index (χ4v) is 3.93. The first kappa shape index (κ1) is 17.0. The van der Waals surface area contributed by atoms with Gasteiger partial charge in [0.15, 0.2) is 0 Å². The van der Waals surface area contributed by atoms with Gasteiger partial charge in [0.2, 0.25) is 0 Å². The molecule has 26 heavy (non-hydrogen) atoms. The van der Waals surface area contributed by atoms with Crippen molar-refractivity contribution in [1.29, 1.82) is 0 Å². The lowest BCUT2D eigenvalue weighted by atomic mass is 9.84. The summed E-state index contributed by atoms with van der Waals surface area (Å²) in [4.78, 5) is 24.0. The minimum absolute atomic E-state index is 0.0839. The summed E-state index contributed by atoms with van der Waals surface area (Å²) in [5.41, 5.74) is 3.45. The zero-order valence-corrected chi connectivity index (χ0v) is 15.6. The number of hydrogen-bond acceptors (Lipinski definition) is 4. The first-order valence-electron chi connectivity index (χ1n) is 9.35. The predicted octanol–water partition coefficient (Wildman–Crippen LogP) is 4.58. The van der Waals surface area contributed by atoms with Gasteiger partial charge in [-0.25, -0.2) is 9.78 Å². The normalized spacial score (nSPS) is 22.9. The molecule has 0 radical (unpaired) electrons. The highest BCUT2D eigenvalue weighted by Gasteiger charge is 2.39. The zero-order valence-electron chi connectivity index (χ0n) is 15.6. The highest BCUT2D eigenvalue weighted by molar-refractivity contribution is 5.78. The molecule has 3 heterocycles. The van der Waals surface area contributed by atoms with E-state index < -0.39 is 5.60 Å². The van der Waals surface area contributed by atoms with E-state index in [2.05, 4.69) is 11.1 Å². The predicted molar refractivity (Wildman–Crippen MR) is 102 cm³/mol. The highest BCUT2D eigenvalue weighted by atomic mass is 16.6. The summed E-state index contributed by atoms with van der Waals surface area (Å²) in [6.07, 6.45) is 7.77. The summed E-state index contributed by atoms with van der Waals surface area (Å²) >= 11 is 0. The van der Waals surface area contributed by atoms with Crippen molar-refractivity contribution in [3.05, 3.63) is 42.2 Å². The van der Waals surface area contributed by atoms with Crippen LogP contribution in [-0.4, -0.2) is 38.6 Å². The summed E-state index contributed by atoms with van der Waals surface area (Å²) < 4.78 is 5.64. The van der Waals surface area contributed by atoms with Crippen LogP contribution < -0.4 is 0 Å². The van der Waals surface area contributed by atoms with Gasteiger partial charge < -0.3 is 4.74 Å². The zero-order chi connectivity index (χ0) is 18.3. The van der Waals surface area contributed by atoms with E-state index >= 15 is 0 Å². The van der Waals surface area contributed by atoms with Gasteiger partial charge in [0.05, 0.1) is 29.0 Å². The van der Waals surface area contributed by atoms with Gasteiger partial charge in [-0.2, -0.15) is 0 Å². The van der Waals surface area contributed by atoms with Gasteiger partial charge in [-0.3, -0.25) is 9.88 Å². The number of ether oxygens (including phenoxy) is 1. The maximum absolute atomic E-state index is 12.7. The molecule has 2 aliphatic rings.